The number of nitrogens with zero attached hydrogens (tertiary/aromatic N) is 3. The van der Waals surface area contributed by atoms with Crippen LogP contribution >= 0.6 is 23.4 Å². The minimum atomic E-state index is 0.00808. The fraction of sp³-hybridized carbons (Fsp3) is 0.133. The van der Waals surface area contributed by atoms with Crippen LogP contribution in [0.25, 0.3) is 0 Å². The summed E-state index contributed by atoms with van der Waals surface area (Å²) in [6.07, 6.45) is 0. The van der Waals surface area contributed by atoms with Gasteiger partial charge in [-0.05, 0) is 43.3 Å². The van der Waals surface area contributed by atoms with Crippen LogP contribution in [-0.2, 0) is 4.79 Å². The molecule has 106 valence electrons. The van der Waals surface area contributed by atoms with E-state index in [1.54, 1.807) is 17.0 Å². The molecule has 3 rings (SSSR count). The summed E-state index contributed by atoms with van der Waals surface area (Å²) in [7, 11) is 0. The van der Waals surface area contributed by atoms with Crippen LogP contribution in [0.5, 0.6) is 0 Å². The minimum Gasteiger partial charge on any atom is -0.273 e. The average Bonchev–Trinajstić information content (AvgIpc) is 2.81. The molecule has 2 heterocycles. The highest BCUT2D eigenvalue weighted by Gasteiger charge is 2.29. The lowest BCUT2D eigenvalue weighted by molar-refractivity contribution is -0.115. The summed E-state index contributed by atoms with van der Waals surface area (Å²) in [4.78, 5) is 22.5. The van der Waals surface area contributed by atoms with Gasteiger partial charge in [0.05, 0.1) is 11.4 Å². The van der Waals surface area contributed by atoms with Gasteiger partial charge < -0.3 is 0 Å². The van der Waals surface area contributed by atoms with Crippen molar-refractivity contribution < 1.29 is 4.79 Å². The van der Waals surface area contributed by atoms with Crippen LogP contribution in [-0.4, -0.2) is 21.8 Å². The number of aromatic nitrogens is 1. The molecule has 0 radical (unpaired) electrons. The Kier molecular flexibility index (Phi) is 3.94. The fourth-order valence-corrected chi connectivity index (χ4v) is 2.98. The zero-order chi connectivity index (χ0) is 14.8. The second-order valence-electron chi connectivity index (χ2n) is 4.53. The first kappa shape index (κ1) is 14.1. The number of hydrogen-bond acceptors (Lipinski definition) is 4. The second kappa shape index (κ2) is 5.87. The Labute approximate surface area is 131 Å². The summed E-state index contributed by atoms with van der Waals surface area (Å²) in [5.41, 5.74) is 1.66. The first-order valence-corrected chi connectivity index (χ1v) is 7.73. The number of carbonyl (C=O) groups is 1. The molecule has 21 heavy (non-hydrogen) atoms. The third-order valence-corrected chi connectivity index (χ3v) is 4.11. The van der Waals surface area contributed by atoms with Crippen LogP contribution < -0.4 is 4.90 Å². The van der Waals surface area contributed by atoms with E-state index in [-0.39, 0.29) is 5.91 Å². The molecule has 2 aromatic rings. The molecule has 0 unspecified atom stereocenters. The predicted octanol–water partition coefficient (Wildman–Crippen LogP) is 3.81. The Hall–Kier alpha value is -1.85. The topological polar surface area (TPSA) is 45.6 Å². The number of rotatable bonds is 2. The van der Waals surface area contributed by atoms with Crippen LogP contribution in [0.4, 0.5) is 11.5 Å². The average molecular weight is 318 g/mol. The Morgan fingerprint density at radius 1 is 1.24 bits per heavy atom. The molecule has 1 saturated heterocycles. The van der Waals surface area contributed by atoms with E-state index in [1.165, 1.54) is 11.8 Å². The number of amides is 1. The Morgan fingerprint density at radius 2 is 2.00 bits per heavy atom. The first-order chi connectivity index (χ1) is 10.1. The van der Waals surface area contributed by atoms with Gasteiger partial charge in [-0.2, -0.15) is 0 Å². The molecule has 1 aliphatic heterocycles. The molecule has 0 atom stereocenters. The summed E-state index contributed by atoms with van der Waals surface area (Å²) >= 11 is 7.30. The maximum Gasteiger partial charge on any atom is 0.243 e. The first-order valence-electron chi connectivity index (χ1n) is 6.37. The van der Waals surface area contributed by atoms with Gasteiger partial charge in [-0.1, -0.05) is 29.4 Å². The number of pyridine rings is 1. The number of hydrogen-bond donors (Lipinski definition) is 0. The van der Waals surface area contributed by atoms with Crippen molar-refractivity contribution in [2.75, 3.05) is 10.7 Å². The van der Waals surface area contributed by atoms with Crippen LogP contribution in [0.3, 0.4) is 0 Å². The molecule has 1 aromatic heterocycles. The van der Waals surface area contributed by atoms with Crippen molar-refractivity contribution in [1.82, 2.24) is 4.98 Å². The number of carbonyl (C=O) groups excluding carboxylic acids is 1. The van der Waals surface area contributed by atoms with E-state index in [4.69, 9.17) is 11.6 Å². The molecule has 0 N–H and O–H groups in total. The fourth-order valence-electron chi connectivity index (χ4n) is 1.98. The lowest BCUT2D eigenvalue weighted by Gasteiger charge is -2.15. The molecule has 1 amide bonds. The van der Waals surface area contributed by atoms with E-state index >= 15 is 0 Å². The van der Waals surface area contributed by atoms with Crippen LogP contribution in [0, 0.1) is 6.92 Å². The van der Waals surface area contributed by atoms with Crippen molar-refractivity contribution in [2.24, 2.45) is 4.99 Å². The Balaban J connectivity index is 1.97. The maximum absolute atomic E-state index is 12.1. The molecule has 1 aromatic carbocycles. The zero-order valence-electron chi connectivity index (χ0n) is 11.3. The third kappa shape index (κ3) is 3.09. The van der Waals surface area contributed by atoms with Gasteiger partial charge in [0.25, 0.3) is 0 Å². The predicted molar refractivity (Wildman–Crippen MR) is 87.5 cm³/mol. The van der Waals surface area contributed by atoms with Gasteiger partial charge in [0.15, 0.2) is 11.0 Å². The SMILES string of the molecule is Cc1cccc(/N=C2/SCC(=O)N2c2ccc(Cl)cc2)n1. The smallest absolute Gasteiger partial charge is 0.243 e. The molecular formula is C15H12ClN3OS. The van der Waals surface area contributed by atoms with Gasteiger partial charge in [0.1, 0.15) is 0 Å². The van der Waals surface area contributed by atoms with Gasteiger partial charge in [-0.15, -0.1) is 0 Å². The number of aryl methyl sites for hydroxylation is 1. The molecule has 1 fully saturated rings. The van der Waals surface area contributed by atoms with Gasteiger partial charge in [-0.3, -0.25) is 9.69 Å². The summed E-state index contributed by atoms with van der Waals surface area (Å²) in [5, 5.41) is 1.28. The van der Waals surface area contributed by atoms with Crippen molar-refractivity contribution in [3.05, 3.63) is 53.2 Å². The van der Waals surface area contributed by atoms with Crippen molar-refractivity contribution in [2.45, 2.75) is 6.92 Å². The highest BCUT2D eigenvalue weighted by atomic mass is 35.5. The van der Waals surface area contributed by atoms with Gasteiger partial charge in [0.2, 0.25) is 5.91 Å². The summed E-state index contributed by atoms with van der Waals surface area (Å²) in [6, 6.07) is 12.8. The van der Waals surface area contributed by atoms with Crippen molar-refractivity contribution in [1.29, 1.82) is 0 Å². The number of anilines is 1. The molecule has 6 heteroatoms. The standard InChI is InChI=1S/C15H12ClN3OS/c1-10-3-2-4-13(17-10)18-15-19(14(20)9-21-15)12-7-5-11(16)6-8-12/h2-8H,9H2,1H3/b18-15+. The van der Waals surface area contributed by atoms with Crippen LogP contribution in [0.15, 0.2) is 47.5 Å². The quantitative estimate of drug-likeness (QED) is 0.846. The van der Waals surface area contributed by atoms with Gasteiger partial charge >= 0.3 is 0 Å². The lowest BCUT2D eigenvalue weighted by Crippen LogP contribution is -2.29. The Bertz CT molecular complexity index is 715. The number of thioether (sulfide) groups is 1. The van der Waals surface area contributed by atoms with Crippen LogP contribution in [0.1, 0.15) is 5.69 Å². The van der Waals surface area contributed by atoms with Crippen molar-refractivity contribution in [3.8, 4) is 0 Å². The summed E-state index contributed by atoms with van der Waals surface area (Å²) < 4.78 is 0. The van der Waals surface area contributed by atoms with Crippen molar-refractivity contribution in [3.63, 3.8) is 0 Å². The summed E-state index contributed by atoms with van der Waals surface area (Å²) in [6.45, 7) is 1.91. The van der Waals surface area contributed by atoms with Crippen molar-refractivity contribution >= 4 is 45.9 Å². The lowest BCUT2D eigenvalue weighted by atomic mass is 10.3. The molecule has 0 aliphatic carbocycles. The highest BCUT2D eigenvalue weighted by molar-refractivity contribution is 8.15. The van der Waals surface area contributed by atoms with E-state index in [1.807, 2.05) is 37.3 Å². The van der Waals surface area contributed by atoms with Gasteiger partial charge in [-0.25, -0.2) is 9.98 Å². The highest BCUT2D eigenvalue weighted by Crippen LogP contribution is 2.29. The maximum atomic E-state index is 12.1. The molecular weight excluding hydrogens is 306 g/mol. The monoisotopic (exact) mass is 317 g/mol. The van der Waals surface area contributed by atoms with E-state index < -0.39 is 0 Å². The van der Waals surface area contributed by atoms with E-state index in [0.717, 1.165) is 11.4 Å². The number of aliphatic imine (C=N–C) groups is 1. The number of benzene rings is 1. The van der Waals surface area contributed by atoms with Gasteiger partial charge in [0, 0.05) is 10.7 Å². The molecule has 0 saturated carbocycles. The number of amidine groups is 1. The second-order valence-corrected chi connectivity index (χ2v) is 5.90. The van der Waals surface area contributed by atoms with E-state index in [2.05, 4.69) is 9.98 Å². The largest absolute Gasteiger partial charge is 0.273 e. The Morgan fingerprint density at radius 3 is 2.71 bits per heavy atom. The van der Waals surface area contributed by atoms with E-state index in [0.29, 0.717) is 21.8 Å². The minimum absolute atomic E-state index is 0.00808. The molecule has 1 aliphatic rings. The molecule has 0 bridgehead atoms. The zero-order valence-corrected chi connectivity index (χ0v) is 12.9. The summed E-state index contributed by atoms with van der Waals surface area (Å²) in [5.74, 6) is 0.993. The molecule has 4 nitrogen and oxygen atoms in total. The number of halogens is 1. The third-order valence-electron chi connectivity index (χ3n) is 2.93. The van der Waals surface area contributed by atoms with E-state index in [9.17, 15) is 4.79 Å². The molecule has 0 spiro atoms. The normalized spacial score (nSPS) is 16.8. The van der Waals surface area contributed by atoms with Crippen LogP contribution in [0.2, 0.25) is 5.02 Å².